The highest BCUT2D eigenvalue weighted by molar-refractivity contribution is 6.32. The zero-order valence-corrected chi connectivity index (χ0v) is 17.7. The maximum atomic E-state index is 14.8. The average molecular weight is 470 g/mol. The Morgan fingerprint density at radius 2 is 1.88 bits per heavy atom. The van der Waals surface area contributed by atoms with Gasteiger partial charge in [-0.3, -0.25) is 5.10 Å². The van der Waals surface area contributed by atoms with Gasteiger partial charge in [0.05, 0.1) is 11.9 Å². The second-order valence-corrected chi connectivity index (χ2v) is 7.92. The fraction of sp³-hybridized carbons (Fsp3) is 0.350. The summed E-state index contributed by atoms with van der Waals surface area (Å²) in [5.74, 6) is -0.224. The third-order valence-corrected chi connectivity index (χ3v) is 5.53. The SMILES string of the molecule is Cc1cc(Nc2ncc(Cl)c(Nc3cc(C(F)(F)F)[nH]n3)n2)c(F)cc1C1CCNCC1. The average Bonchev–Trinajstić information content (AvgIpc) is 3.23. The Balaban J connectivity index is 1.54. The Morgan fingerprint density at radius 3 is 2.56 bits per heavy atom. The van der Waals surface area contributed by atoms with Crippen molar-refractivity contribution in [2.45, 2.75) is 31.9 Å². The molecule has 12 heteroatoms. The number of hydrogen-bond donors (Lipinski definition) is 4. The molecule has 2 aromatic heterocycles. The first-order valence-corrected chi connectivity index (χ1v) is 10.3. The molecule has 7 nitrogen and oxygen atoms in total. The summed E-state index contributed by atoms with van der Waals surface area (Å²) in [6.45, 7) is 3.73. The van der Waals surface area contributed by atoms with Crippen LogP contribution in [0.2, 0.25) is 5.02 Å². The summed E-state index contributed by atoms with van der Waals surface area (Å²) in [5.41, 5.74) is 1.10. The molecule has 1 fully saturated rings. The number of aromatic amines is 1. The Kier molecular flexibility index (Phi) is 6.20. The molecule has 1 saturated heterocycles. The first-order chi connectivity index (χ1) is 15.2. The number of hydrogen-bond acceptors (Lipinski definition) is 6. The van der Waals surface area contributed by atoms with Crippen LogP contribution in [0.25, 0.3) is 0 Å². The van der Waals surface area contributed by atoms with Crippen LogP contribution in [0, 0.1) is 12.7 Å². The fourth-order valence-corrected chi connectivity index (χ4v) is 3.79. The molecule has 3 aromatic rings. The van der Waals surface area contributed by atoms with Crippen molar-refractivity contribution in [3.8, 4) is 0 Å². The first-order valence-electron chi connectivity index (χ1n) is 9.90. The summed E-state index contributed by atoms with van der Waals surface area (Å²) in [6, 6.07) is 4.01. The smallest absolute Gasteiger partial charge is 0.322 e. The van der Waals surface area contributed by atoms with E-state index in [0.29, 0.717) is 5.92 Å². The van der Waals surface area contributed by atoms with E-state index in [1.54, 1.807) is 6.07 Å². The number of nitrogens with zero attached hydrogens (tertiary/aromatic N) is 3. The fourth-order valence-electron chi connectivity index (χ4n) is 3.65. The van der Waals surface area contributed by atoms with Gasteiger partial charge < -0.3 is 16.0 Å². The second-order valence-electron chi connectivity index (χ2n) is 7.52. The van der Waals surface area contributed by atoms with E-state index in [1.165, 1.54) is 12.3 Å². The number of halogens is 5. The van der Waals surface area contributed by atoms with Gasteiger partial charge in [0.2, 0.25) is 5.95 Å². The zero-order chi connectivity index (χ0) is 22.9. The van der Waals surface area contributed by atoms with Crippen molar-refractivity contribution in [2.75, 3.05) is 23.7 Å². The number of aryl methyl sites for hydroxylation is 1. The molecular formula is C20H20ClF4N7. The van der Waals surface area contributed by atoms with E-state index in [1.807, 2.05) is 12.0 Å². The van der Waals surface area contributed by atoms with Crippen LogP contribution in [0.3, 0.4) is 0 Å². The van der Waals surface area contributed by atoms with Crippen LogP contribution in [0.4, 0.5) is 40.8 Å². The van der Waals surface area contributed by atoms with E-state index in [0.717, 1.165) is 43.1 Å². The highest BCUT2D eigenvalue weighted by atomic mass is 35.5. The van der Waals surface area contributed by atoms with Crippen molar-refractivity contribution < 1.29 is 17.6 Å². The minimum Gasteiger partial charge on any atom is -0.322 e. The number of piperidine rings is 1. The molecule has 0 unspecified atom stereocenters. The van der Waals surface area contributed by atoms with Gasteiger partial charge in [0.1, 0.15) is 16.5 Å². The van der Waals surface area contributed by atoms with Crippen LogP contribution < -0.4 is 16.0 Å². The molecule has 0 radical (unpaired) electrons. The Morgan fingerprint density at radius 1 is 1.12 bits per heavy atom. The van der Waals surface area contributed by atoms with Gasteiger partial charge in [-0.25, -0.2) is 9.37 Å². The van der Waals surface area contributed by atoms with Crippen LogP contribution in [-0.2, 0) is 6.18 Å². The molecule has 0 bridgehead atoms. The number of alkyl halides is 3. The predicted molar refractivity (Wildman–Crippen MR) is 113 cm³/mol. The lowest BCUT2D eigenvalue weighted by atomic mass is 9.87. The summed E-state index contributed by atoms with van der Waals surface area (Å²) >= 11 is 6.05. The van der Waals surface area contributed by atoms with Gasteiger partial charge in [0.15, 0.2) is 11.6 Å². The second kappa shape index (κ2) is 8.91. The molecule has 1 aliphatic rings. The predicted octanol–water partition coefficient (Wildman–Crippen LogP) is 5.27. The Labute approximate surface area is 186 Å². The lowest BCUT2D eigenvalue weighted by Crippen LogP contribution is -2.27. The number of rotatable bonds is 5. The molecule has 0 spiro atoms. The molecule has 4 rings (SSSR count). The topological polar surface area (TPSA) is 90.5 Å². The summed E-state index contributed by atoms with van der Waals surface area (Å²) in [6.07, 6.45) is -1.41. The van der Waals surface area contributed by atoms with Crippen LogP contribution in [-0.4, -0.2) is 33.3 Å². The minimum atomic E-state index is -4.56. The van der Waals surface area contributed by atoms with Gasteiger partial charge in [-0.05, 0) is 62.0 Å². The first kappa shape index (κ1) is 22.3. The van der Waals surface area contributed by atoms with E-state index < -0.39 is 17.7 Å². The molecule has 32 heavy (non-hydrogen) atoms. The van der Waals surface area contributed by atoms with Gasteiger partial charge in [-0.2, -0.15) is 23.3 Å². The number of aromatic nitrogens is 4. The van der Waals surface area contributed by atoms with Crippen molar-refractivity contribution in [2.24, 2.45) is 0 Å². The lowest BCUT2D eigenvalue weighted by molar-refractivity contribution is -0.141. The maximum absolute atomic E-state index is 14.8. The van der Waals surface area contributed by atoms with Crippen LogP contribution in [0.1, 0.15) is 35.6 Å². The molecule has 0 amide bonds. The van der Waals surface area contributed by atoms with E-state index in [-0.39, 0.29) is 28.3 Å². The van der Waals surface area contributed by atoms with Crippen molar-refractivity contribution in [3.05, 3.63) is 52.1 Å². The number of nitrogens with one attached hydrogen (secondary N) is 4. The standard InChI is InChI=1S/C20H20ClF4N7/c1-10-6-15(14(22)7-12(10)11-2-4-26-5-3-11)28-19-27-9-13(21)18(30-19)29-17-8-16(31-32-17)20(23,24)25/h6-9,11,26H,2-5H2,1H3,(H3,27,28,29,30,31,32). The van der Waals surface area contributed by atoms with E-state index in [4.69, 9.17) is 11.6 Å². The van der Waals surface area contributed by atoms with Gasteiger partial charge in [-0.15, -0.1) is 0 Å². The monoisotopic (exact) mass is 469 g/mol. The van der Waals surface area contributed by atoms with Gasteiger partial charge >= 0.3 is 6.18 Å². The largest absolute Gasteiger partial charge is 0.432 e. The highest BCUT2D eigenvalue weighted by Crippen LogP contribution is 2.33. The lowest BCUT2D eigenvalue weighted by Gasteiger charge is -2.25. The van der Waals surface area contributed by atoms with E-state index in [9.17, 15) is 17.6 Å². The zero-order valence-electron chi connectivity index (χ0n) is 16.9. The third kappa shape index (κ3) is 4.94. The van der Waals surface area contributed by atoms with E-state index in [2.05, 4.69) is 31.0 Å². The van der Waals surface area contributed by atoms with Crippen LogP contribution >= 0.6 is 11.6 Å². The molecule has 1 aromatic carbocycles. The quantitative estimate of drug-likeness (QED) is 0.380. The van der Waals surface area contributed by atoms with Gasteiger partial charge in [-0.1, -0.05) is 11.6 Å². The molecule has 3 heterocycles. The van der Waals surface area contributed by atoms with Crippen molar-refractivity contribution in [1.29, 1.82) is 0 Å². The van der Waals surface area contributed by atoms with Crippen LogP contribution in [0.15, 0.2) is 24.4 Å². The summed E-state index contributed by atoms with van der Waals surface area (Å²) in [7, 11) is 0. The molecule has 1 aliphatic heterocycles. The Bertz CT molecular complexity index is 1110. The van der Waals surface area contributed by atoms with Crippen molar-refractivity contribution in [3.63, 3.8) is 0 Å². The van der Waals surface area contributed by atoms with E-state index >= 15 is 0 Å². The van der Waals surface area contributed by atoms with Crippen molar-refractivity contribution in [1.82, 2.24) is 25.5 Å². The Hall–Kier alpha value is -2.92. The highest BCUT2D eigenvalue weighted by Gasteiger charge is 2.33. The minimum absolute atomic E-state index is 0.0212. The molecular weight excluding hydrogens is 450 g/mol. The molecule has 0 saturated carbocycles. The van der Waals surface area contributed by atoms with Crippen molar-refractivity contribution >= 4 is 34.9 Å². The third-order valence-electron chi connectivity index (χ3n) is 5.26. The number of anilines is 4. The molecule has 4 N–H and O–H groups in total. The van der Waals surface area contributed by atoms with Crippen LogP contribution in [0.5, 0.6) is 0 Å². The maximum Gasteiger partial charge on any atom is 0.432 e. The summed E-state index contributed by atoms with van der Waals surface area (Å²) in [5, 5.41) is 14.2. The summed E-state index contributed by atoms with van der Waals surface area (Å²) < 4.78 is 53.0. The summed E-state index contributed by atoms with van der Waals surface area (Å²) in [4.78, 5) is 8.17. The molecule has 0 atom stereocenters. The van der Waals surface area contributed by atoms with Gasteiger partial charge in [0.25, 0.3) is 0 Å². The van der Waals surface area contributed by atoms with Gasteiger partial charge in [0, 0.05) is 6.07 Å². The molecule has 170 valence electrons. The normalized spacial score (nSPS) is 15.1. The number of benzene rings is 1. The molecule has 0 aliphatic carbocycles. The number of H-pyrrole nitrogens is 1.